The van der Waals surface area contributed by atoms with Gasteiger partial charge in [0.1, 0.15) is 11.5 Å². The molecule has 1 N–H and O–H groups in total. The van der Waals surface area contributed by atoms with Crippen molar-refractivity contribution >= 4 is 39.1 Å². The molecule has 0 unspecified atom stereocenters. The molecule has 1 atom stereocenters. The molecule has 2 heterocycles. The van der Waals surface area contributed by atoms with Crippen LogP contribution in [0.2, 0.25) is 5.02 Å². The number of hydrogen-bond donors (Lipinski definition) is 1. The maximum Gasteiger partial charge on any atom is 0.263 e. The summed E-state index contributed by atoms with van der Waals surface area (Å²) >= 11 is 6.23. The molecule has 1 saturated heterocycles. The molecule has 0 bridgehead atoms. The third-order valence-corrected chi connectivity index (χ3v) is 9.48. The van der Waals surface area contributed by atoms with Gasteiger partial charge in [0.05, 0.1) is 28.8 Å². The van der Waals surface area contributed by atoms with Crippen molar-refractivity contribution in [1.29, 1.82) is 0 Å². The van der Waals surface area contributed by atoms with Gasteiger partial charge in [-0.3, -0.25) is 9.59 Å². The van der Waals surface area contributed by atoms with E-state index >= 15 is 0 Å². The lowest BCUT2D eigenvalue weighted by Crippen LogP contribution is -2.53. The Labute approximate surface area is 245 Å². The van der Waals surface area contributed by atoms with Gasteiger partial charge in [-0.2, -0.15) is 4.31 Å². The van der Waals surface area contributed by atoms with Crippen LogP contribution in [0.4, 0.5) is 5.69 Å². The minimum absolute atomic E-state index is 0.0691. The number of piperidine rings is 1. The molecule has 2 aliphatic heterocycles. The first-order valence-electron chi connectivity index (χ1n) is 13.6. The van der Waals surface area contributed by atoms with Crippen molar-refractivity contribution < 1.29 is 27.5 Å². The van der Waals surface area contributed by atoms with Gasteiger partial charge in [-0.25, -0.2) is 8.42 Å². The second-order valence-electron chi connectivity index (χ2n) is 9.93. The van der Waals surface area contributed by atoms with Gasteiger partial charge in [0.15, 0.2) is 6.10 Å². The van der Waals surface area contributed by atoms with E-state index in [1.807, 2.05) is 43.3 Å². The summed E-state index contributed by atoms with van der Waals surface area (Å²) in [5, 5.41) is 3.13. The number of fused-ring (bicyclic) bond motifs is 1. The fourth-order valence-electron chi connectivity index (χ4n) is 5.11. The van der Waals surface area contributed by atoms with Crippen molar-refractivity contribution in [3.63, 3.8) is 0 Å². The third kappa shape index (κ3) is 6.34. The van der Waals surface area contributed by atoms with E-state index in [0.717, 1.165) is 5.56 Å². The number of sulfonamides is 1. The zero-order chi connectivity index (χ0) is 29.0. The first-order valence-corrected chi connectivity index (χ1v) is 15.4. The summed E-state index contributed by atoms with van der Waals surface area (Å²) in [6.45, 7) is 3.04. The Morgan fingerprint density at radius 2 is 1.73 bits per heavy atom. The van der Waals surface area contributed by atoms with Gasteiger partial charge >= 0.3 is 0 Å². The molecule has 0 aromatic heterocycles. The molecule has 2 aliphatic rings. The number of rotatable bonds is 8. The van der Waals surface area contributed by atoms with Crippen molar-refractivity contribution in [3.8, 4) is 11.5 Å². The summed E-state index contributed by atoms with van der Waals surface area (Å²) in [6.07, 6.45) is -0.164. The lowest BCUT2D eigenvalue weighted by molar-refractivity contribution is -0.129. The minimum atomic E-state index is -3.79. The van der Waals surface area contributed by atoms with Crippen molar-refractivity contribution in [2.75, 3.05) is 31.1 Å². The summed E-state index contributed by atoms with van der Waals surface area (Å²) < 4.78 is 39.4. The Bertz CT molecular complexity index is 1510. The average molecular weight is 598 g/mol. The van der Waals surface area contributed by atoms with Crippen LogP contribution in [0, 0.1) is 5.92 Å². The molecule has 9 nitrogen and oxygen atoms in total. The maximum atomic E-state index is 13.8. The van der Waals surface area contributed by atoms with Crippen LogP contribution in [-0.2, 0) is 26.2 Å². The van der Waals surface area contributed by atoms with Crippen LogP contribution in [-0.4, -0.2) is 56.9 Å². The molecule has 0 radical (unpaired) electrons. The average Bonchev–Trinajstić information content (AvgIpc) is 3.00. The standard InChI is InChI=1S/C30H32ClN3O6S/c1-2-39-26-13-12-23(18-24(26)31)41(37,38)33-16-14-22(15-17-33)30(36)34-20-28(40-27-11-7-6-10-25(27)34)29(35)32-19-21-8-4-3-5-9-21/h3-13,18,22,28H,2,14-17,19-20H2,1H3,(H,32,35)/t28-/m1/s1. The van der Waals surface area contributed by atoms with Gasteiger partial charge in [0.2, 0.25) is 15.9 Å². The van der Waals surface area contributed by atoms with Crippen LogP contribution in [0.25, 0.3) is 0 Å². The number of nitrogens with zero attached hydrogens (tertiary/aromatic N) is 2. The number of carbonyl (C=O) groups is 2. The molecular formula is C30H32ClN3O6S. The van der Waals surface area contributed by atoms with E-state index in [4.69, 9.17) is 21.1 Å². The lowest BCUT2D eigenvalue weighted by atomic mass is 9.95. The van der Waals surface area contributed by atoms with Crippen molar-refractivity contribution in [2.45, 2.75) is 37.3 Å². The summed E-state index contributed by atoms with van der Waals surface area (Å²) in [7, 11) is -3.79. The number of hydrogen-bond acceptors (Lipinski definition) is 6. The highest BCUT2D eigenvalue weighted by Gasteiger charge is 2.39. The van der Waals surface area contributed by atoms with Gasteiger partial charge < -0.3 is 19.7 Å². The normalized spacial score (nSPS) is 17.8. The number of halogens is 1. The van der Waals surface area contributed by atoms with E-state index in [9.17, 15) is 18.0 Å². The Kier molecular flexibility index (Phi) is 8.82. The SMILES string of the molecule is CCOc1ccc(S(=O)(=O)N2CCC(C(=O)N3C[C@H](C(=O)NCc4ccccc4)Oc4ccccc43)CC2)cc1Cl. The molecular weight excluding hydrogens is 566 g/mol. The van der Waals surface area contributed by atoms with Crippen molar-refractivity contribution in [2.24, 2.45) is 5.92 Å². The second-order valence-corrected chi connectivity index (χ2v) is 12.3. The van der Waals surface area contributed by atoms with Gasteiger partial charge in [0, 0.05) is 25.6 Å². The Morgan fingerprint density at radius 1 is 1.02 bits per heavy atom. The molecule has 11 heteroatoms. The highest BCUT2D eigenvalue weighted by molar-refractivity contribution is 7.89. The predicted molar refractivity (Wildman–Crippen MR) is 156 cm³/mol. The topological polar surface area (TPSA) is 105 Å². The summed E-state index contributed by atoms with van der Waals surface area (Å²) in [6, 6.07) is 21.1. The molecule has 3 aromatic carbocycles. The van der Waals surface area contributed by atoms with Gasteiger partial charge in [-0.15, -0.1) is 0 Å². The molecule has 2 amide bonds. The monoisotopic (exact) mass is 597 g/mol. The maximum absolute atomic E-state index is 13.8. The van der Waals surface area contributed by atoms with Crippen LogP contribution in [0.3, 0.4) is 0 Å². The smallest absolute Gasteiger partial charge is 0.263 e. The van der Waals surface area contributed by atoms with Gasteiger partial charge in [-0.1, -0.05) is 54.1 Å². The lowest BCUT2D eigenvalue weighted by Gasteiger charge is -2.38. The Morgan fingerprint density at radius 3 is 2.44 bits per heavy atom. The zero-order valence-corrected chi connectivity index (χ0v) is 24.2. The number of amides is 2. The number of nitrogens with one attached hydrogen (secondary N) is 1. The molecule has 5 rings (SSSR count). The molecule has 1 fully saturated rings. The quantitative estimate of drug-likeness (QED) is 0.416. The first kappa shape index (κ1) is 28.9. The zero-order valence-electron chi connectivity index (χ0n) is 22.7. The number of carbonyl (C=O) groups excluding carboxylic acids is 2. The summed E-state index contributed by atoms with van der Waals surface area (Å²) in [5.74, 6) is 0.0260. The van der Waals surface area contributed by atoms with E-state index in [2.05, 4.69) is 5.32 Å². The first-order chi connectivity index (χ1) is 19.8. The van der Waals surface area contributed by atoms with Crippen LogP contribution in [0.1, 0.15) is 25.3 Å². The van der Waals surface area contributed by atoms with Gasteiger partial charge in [0.25, 0.3) is 5.91 Å². The number of ether oxygens (including phenoxy) is 2. The molecule has 3 aromatic rings. The Balaban J connectivity index is 1.25. The van der Waals surface area contributed by atoms with Crippen molar-refractivity contribution in [3.05, 3.63) is 83.4 Å². The number of benzene rings is 3. The summed E-state index contributed by atoms with van der Waals surface area (Å²) in [4.78, 5) is 28.5. The molecule has 0 spiro atoms. The molecule has 41 heavy (non-hydrogen) atoms. The third-order valence-electron chi connectivity index (χ3n) is 7.29. The second kappa shape index (κ2) is 12.5. The molecule has 216 valence electrons. The van der Waals surface area contributed by atoms with Crippen molar-refractivity contribution in [1.82, 2.24) is 9.62 Å². The van der Waals surface area contributed by atoms with Crippen LogP contribution in [0.15, 0.2) is 77.7 Å². The van der Waals surface area contributed by atoms with E-state index in [-0.39, 0.29) is 41.4 Å². The summed E-state index contributed by atoms with van der Waals surface area (Å²) in [5.41, 5.74) is 1.56. The van der Waals surface area contributed by atoms with E-state index in [1.54, 1.807) is 29.2 Å². The van der Waals surface area contributed by atoms with Gasteiger partial charge in [-0.05, 0) is 55.7 Å². The van der Waals surface area contributed by atoms with E-state index in [0.29, 0.717) is 43.2 Å². The fraction of sp³-hybridized carbons (Fsp3) is 0.333. The highest BCUT2D eigenvalue weighted by atomic mass is 35.5. The number of anilines is 1. The van der Waals surface area contributed by atoms with E-state index in [1.165, 1.54) is 16.4 Å². The largest absolute Gasteiger partial charge is 0.492 e. The number of para-hydroxylation sites is 2. The fourth-order valence-corrected chi connectivity index (χ4v) is 6.90. The Hall–Kier alpha value is -3.60. The van der Waals surface area contributed by atoms with Crippen LogP contribution in [0.5, 0.6) is 11.5 Å². The van der Waals surface area contributed by atoms with Crippen LogP contribution >= 0.6 is 11.6 Å². The minimum Gasteiger partial charge on any atom is -0.492 e. The van der Waals surface area contributed by atoms with E-state index < -0.39 is 22.0 Å². The highest BCUT2D eigenvalue weighted by Crippen LogP contribution is 2.36. The van der Waals surface area contributed by atoms with Crippen LogP contribution < -0.4 is 19.7 Å². The molecule has 0 saturated carbocycles. The molecule has 0 aliphatic carbocycles. The predicted octanol–water partition coefficient (Wildman–Crippen LogP) is 4.25.